The van der Waals surface area contributed by atoms with Crippen molar-refractivity contribution in [1.82, 2.24) is 4.98 Å². The van der Waals surface area contributed by atoms with E-state index in [1.54, 1.807) is 7.11 Å². The summed E-state index contributed by atoms with van der Waals surface area (Å²) in [7, 11) is 1.58. The van der Waals surface area contributed by atoms with E-state index in [4.69, 9.17) is 4.74 Å². The molecule has 4 aromatic rings. The Morgan fingerprint density at radius 1 is 0.903 bits per heavy atom. The number of benzene rings is 3. The average molecular weight is 425 g/mol. The summed E-state index contributed by atoms with van der Waals surface area (Å²) in [6.07, 6.45) is -4.43. The second kappa shape index (κ2) is 7.95. The maximum absolute atomic E-state index is 14.1. The van der Waals surface area contributed by atoms with Crippen LogP contribution in [0.3, 0.4) is 0 Å². The van der Waals surface area contributed by atoms with Crippen LogP contribution in [0.1, 0.15) is 31.5 Å². The molecule has 0 radical (unpaired) electrons. The van der Waals surface area contributed by atoms with Crippen LogP contribution < -0.4 is 4.74 Å². The first-order valence-electron chi connectivity index (χ1n) is 10.4. The van der Waals surface area contributed by atoms with Gasteiger partial charge < -0.3 is 9.72 Å². The lowest BCUT2D eigenvalue weighted by molar-refractivity contribution is -0.179. The zero-order chi connectivity index (χ0) is 22.2. The summed E-state index contributed by atoms with van der Waals surface area (Å²) < 4.78 is 48.0. The smallest absolute Gasteiger partial charge is 0.392 e. The highest BCUT2D eigenvalue weighted by molar-refractivity contribution is 5.90. The SMILES string of the molecule is COc1c(C(C)(C)CC(Cc2cc3ccccc3[nH]2)C(F)(F)F)ccc2ccccc12. The molecule has 2 nitrogen and oxygen atoms in total. The monoisotopic (exact) mass is 425 g/mol. The Bertz CT molecular complexity index is 1170. The van der Waals surface area contributed by atoms with Gasteiger partial charge in [-0.25, -0.2) is 0 Å². The number of nitrogens with one attached hydrogen (secondary N) is 1. The van der Waals surface area contributed by atoms with Crippen molar-refractivity contribution in [2.24, 2.45) is 5.92 Å². The van der Waals surface area contributed by atoms with E-state index in [9.17, 15) is 13.2 Å². The number of aromatic amines is 1. The summed E-state index contributed by atoms with van der Waals surface area (Å²) >= 11 is 0. The van der Waals surface area contributed by atoms with Crippen LogP contribution in [-0.4, -0.2) is 18.3 Å². The van der Waals surface area contributed by atoms with Crippen LogP contribution in [0.25, 0.3) is 21.7 Å². The first-order chi connectivity index (χ1) is 14.7. The van der Waals surface area contributed by atoms with Crippen LogP contribution >= 0.6 is 0 Å². The average Bonchev–Trinajstić information content (AvgIpc) is 3.14. The molecule has 162 valence electrons. The summed E-state index contributed by atoms with van der Waals surface area (Å²) in [6, 6.07) is 21.0. The molecular weight excluding hydrogens is 399 g/mol. The van der Waals surface area contributed by atoms with Crippen molar-refractivity contribution in [3.8, 4) is 5.75 Å². The molecule has 0 aliphatic heterocycles. The molecule has 3 aromatic carbocycles. The van der Waals surface area contributed by atoms with Crippen molar-refractivity contribution >= 4 is 21.7 Å². The third-order valence-corrected chi connectivity index (χ3v) is 6.08. The lowest BCUT2D eigenvalue weighted by atomic mass is 9.74. The number of ether oxygens (including phenoxy) is 1. The van der Waals surface area contributed by atoms with E-state index in [0.717, 1.165) is 27.2 Å². The van der Waals surface area contributed by atoms with Crippen LogP contribution in [-0.2, 0) is 11.8 Å². The Morgan fingerprint density at radius 3 is 2.26 bits per heavy atom. The Balaban J connectivity index is 1.68. The van der Waals surface area contributed by atoms with Crippen molar-refractivity contribution in [1.29, 1.82) is 0 Å². The van der Waals surface area contributed by atoms with E-state index in [2.05, 4.69) is 4.98 Å². The van der Waals surface area contributed by atoms with Gasteiger partial charge in [0.1, 0.15) is 5.75 Å². The van der Waals surface area contributed by atoms with Crippen LogP contribution in [0, 0.1) is 5.92 Å². The molecular formula is C26H26F3NO. The first-order valence-corrected chi connectivity index (χ1v) is 10.4. The lowest BCUT2D eigenvalue weighted by Gasteiger charge is -2.33. The van der Waals surface area contributed by atoms with E-state index < -0.39 is 17.5 Å². The second-order valence-corrected chi connectivity index (χ2v) is 8.78. The Morgan fingerprint density at radius 2 is 1.58 bits per heavy atom. The zero-order valence-electron chi connectivity index (χ0n) is 17.9. The molecule has 1 aromatic heterocycles. The third kappa shape index (κ3) is 4.27. The largest absolute Gasteiger partial charge is 0.496 e. The number of hydrogen-bond donors (Lipinski definition) is 1. The topological polar surface area (TPSA) is 25.0 Å². The van der Waals surface area contributed by atoms with Gasteiger partial charge in [0.15, 0.2) is 0 Å². The van der Waals surface area contributed by atoms with Crippen LogP contribution in [0.4, 0.5) is 13.2 Å². The maximum Gasteiger partial charge on any atom is 0.392 e. The van der Waals surface area contributed by atoms with Gasteiger partial charge in [-0.05, 0) is 41.2 Å². The number of para-hydroxylation sites is 1. The highest BCUT2D eigenvalue weighted by atomic mass is 19.4. The minimum absolute atomic E-state index is 0.0411. The minimum atomic E-state index is -4.31. The first kappa shape index (κ1) is 21.3. The summed E-state index contributed by atoms with van der Waals surface area (Å²) in [5.74, 6) is -0.832. The Kier molecular flexibility index (Phi) is 5.46. The van der Waals surface area contributed by atoms with E-state index in [-0.39, 0.29) is 12.8 Å². The van der Waals surface area contributed by atoms with Gasteiger partial charge in [0.05, 0.1) is 13.0 Å². The van der Waals surface area contributed by atoms with E-state index in [1.165, 1.54) is 0 Å². The van der Waals surface area contributed by atoms with Crippen molar-refractivity contribution in [2.75, 3.05) is 7.11 Å². The summed E-state index contributed by atoms with van der Waals surface area (Å²) in [5, 5.41) is 2.84. The highest BCUT2D eigenvalue weighted by Gasteiger charge is 2.43. The van der Waals surface area contributed by atoms with E-state index >= 15 is 0 Å². The fourth-order valence-electron chi connectivity index (χ4n) is 4.53. The Labute approximate surface area is 180 Å². The van der Waals surface area contributed by atoms with Gasteiger partial charge in [-0.15, -0.1) is 0 Å². The summed E-state index contributed by atoms with van der Waals surface area (Å²) in [4.78, 5) is 3.15. The van der Waals surface area contributed by atoms with Crippen LogP contribution in [0.15, 0.2) is 66.7 Å². The predicted octanol–water partition coefficient (Wildman–Crippen LogP) is 7.42. The number of fused-ring (bicyclic) bond motifs is 2. The van der Waals surface area contributed by atoms with Gasteiger partial charge >= 0.3 is 6.18 Å². The fourth-order valence-corrected chi connectivity index (χ4v) is 4.53. The molecule has 0 bridgehead atoms. The highest BCUT2D eigenvalue weighted by Crippen LogP contribution is 2.44. The van der Waals surface area contributed by atoms with Gasteiger partial charge in [-0.2, -0.15) is 13.2 Å². The van der Waals surface area contributed by atoms with Crippen molar-refractivity contribution in [2.45, 2.75) is 38.3 Å². The van der Waals surface area contributed by atoms with Crippen LogP contribution in [0.5, 0.6) is 5.75 Å². The number of rotatable bonds is 6. The number of H-pyrrole nitrogens is 1. The number of halogens is 3. The molecule has 1 N–H and O–H groups in total. The predicted molar refractivity (Wildman–Crippen MR) is 120 cm³/mol. The normalized spacial score (nSPS) is 13.6. The molecule has 0 fully saturated rings. The lowest BCUT2D eigenvalue weighted by Crippen LogP contribution is -2.32. The molecule has 1 atom stereocenters. The maximum atomic E-state index is 14.1. The van der Waals surface area contributed by atoms with Crippen molar-refractivity contribution < 1.29 is 17.9 Å². The third-order valence-electron chi connectivity index (χ3n) is 6.08. The number of hydrogen-bond acceptors (Lipinski definition) is 1. The molecule has 4 rings (SSSR count). The van der Waals surface area contributed by atoms with E-state index in [0.29, 0.717) is 11.4 Å². The molecule has 0 amide bonds. The summed E-state index contributed by atoms with van der Waals surface area (Å²) in [5.41, 5.74) is 1.51. The molecule has 31 heavy (non-hydrogen) atoms. The number of alkyl halides is 3. The standard InChI is InChI=1S/C26H26F3NO/c1-25(2,22-13-12-17-8-4-6-10-21(17)24(22)31-3)16-19(26(27,28)29)15-20-14-18-9-5-7-11-23(18)30-20/h4-14,19,30H,15-16H2,1-3H3. The number of aromatic nitrogens is 1. The molecule has 0 saturated heterocycles. The quantitative estimate of drug-likeness (QED) is 0.342. The molecule has 1 heterocycles. The van der Waals surface area contributed by atoms with Crippen molar-refractivity contribution in [3.63, 3.8) is 0 Å². The molecule has 0 spiro atoms. The Hall–Kier alpha value is -2.95. The van der Waals surface area contributed by atoms with Crippen molar-refractivity contribution in [3.05, 3.63) is 78.0 Å². The van der Waals surface area contributed by atoms with Gasteiger partial charge in [-0.1, -0.05) is 68.4 Å². The van der Waals surface area contributed by atoms with Crippen LogP contribution in [0.2, 0.25) is 0 Å². The molecule has 0 saturated carbocycles. The molecule has 5 heteroatoms. The zero-order valence-corrected chi connectivity index (χ0v) is 17.9. The molecule has 0 aliphatic rings. The minimum Gasteiger partial charge on any atom is -0.496 e. The molecule has 0 aliphatic carbocycles. The van der Waals surface area contributed by atoms with Gasteiger partial charge in [0, 0.05) is 22.2 Å². The second-order valence-electron chi connectivity index (χ2n) is 8.78. The van der Waals surface area contributed by atoms with Gasteiger partial charge in [0.2, 0.25) is 0 Å². The number of methoxy groups -OCH3 is 1. The fraction of sp³-hybridized carbons (Fsp3) is 0.308. The summed E-state index contributed by atoms with van der Waals surface area (Å²) in [6.45, 7) is 3.73. The van der Waals surface area contributed by atoms with Gasteiger partial charge in [-0.3, -0.25) is 0 Å². The molecule has 1 unspecified atom stereocenters. The van der Waals surface area contributed by atoms with Gasteiger partial charge in [0.25, 0.3) is 0 Å². The van der Waals surface area contributed by atoms with E-state index in [1.807, 2.05) is 80.6 Å².